The highest BCUT2D eigenvalue weighted by atomic mass is 19.1. The number of benzene rings is 1. The maximum atomic E-state index is 13.8. The van der Waals surface area contributed by atoms with E-state index < -0.39 is 23.2 Å². The summed E-state index contributed by atoms with van der Waals surface area (Å²) in [4.78, 5) is 24.5. The number of amides is 1. The van der Waals surface area contributed by atoms with E-state index in [2.05, 4.69) is 0 Å². The van der Waals surface area contributed by atoms with Gasteiger partial charge in [0.15, 0.2) is 0 Å². The summed E-state index contributed by atoms with van der Waals surface area (Å²) in [6, 6.07) is 5.26. The van der Waals surface area contributed by atoms with Crippen LogP contribution in [0.1, 0.15) is 25.3 Å². The summed E-state index contributed by atoms with van der Waals surface area (Å²) in [6.45, 7) is 1.44. The lowest BCUT2D eigenvalue weighted by atomic mass is 9.93. The first-order valence-corrected chi connectivity index (χ1v) is 6.15. The van der Waals surface area contributed by atoms with Gasteiger partial charge in [-0.05, 0) is 25.8 Å². The van der Waals surface area contributed by atoms with E-state index in [1.54, 1.807) is 18.2 Å². The van der Waals surface area contributed by atoms with E-state index in [0.717, 1.165) is 0 Å². The number of rotatable bonds is 4. The standard InChI is InChI=1S/C14H16FNO3/c1-9(12(17)18)16(2)13(19)14(7-8-14)10-5-3-4-6-11(10)15/h3-6,9H,7-8H2,1-2H3,(H,17,18)/t9-/m1/s1. The van der Waals surface area contributed by atoms with Gasteiger partial charge in [-0.1, -0.05) is 18.2 Å². The van der Waals surface area contributed by atoms with Crippen molar-refractivity contribution in [2.45, 2.75) is 31.2 Å². The van der Waals surface area contributed by atoms with Gasteiger partial charge in [0.25, 0.3) is 0 Å². The molecule has 1 saturated carbocycles. The summed E-state index contributed by atoms with van der Waals surface area (Å²) >= 11 is 0. The molecule has 102 valence electrons. The molecule has 1 aliphatic rings. The Balaban J connectivity index is 2.29. The SMILES string of the molecule is C[C@H](C(=O)O)N(C)C(=O)C1(c2ccccc2F)CC1. The van der Waals surface area contributed by atoms with Gasteiger partial charge in [-0.3, -0.25) is 4.79 Å². The molecule has 0 heterocycles. The van der Waals surface area contributed by atoms with Crippen molar-refractivity contribution in [3.05, 3.63) is 35.6 Å². The van der Waals surface area contributed by atoms with Crippen molar-refractivity contribution in [1.29, 1.82) is 0 Å². The largest absolute Gasteiger partial charge is 0.480 e. The summed E-state index contributed by atoms with van der Waals surface area (Å²) in [5.74, 6) is -1.81. The van der Waals surface area contributed by atoms with Gasteiger partial charge in [0.2, 0.25) is 5.91 Å². The van der Waals surface area contributed by atoms with Gasteiger partial charge in [-0.15, -0.1) is 0 Å². The van der Waals surface area contributed by atoms with Gasteiger partial charge in [-0.25, -0.2) is 9.18 Å². The van der Waals surface area contributed by atoms with E-state index in [-0.39, 0.29) is 5.91 Å². The maximum absolute atomic E-state index is 13.8. The molecule has 1 fully saturated rings. The molecule has 0 saturated heterocycles. The molecular formula is C14H16FNO3. The summed E-state index contributed by atoms with van der Waals surface area (Å²) < 4.78 is 13.8. The first-order chi connectivity index (χ1) is 8.90. The van der Waals surface area contributed by atoms with Crippen LogP contribution in [0.15, 0.2) is 24.3 Å². The minimum Gasteiger partial charge on any atom is -0.480 e. The predicted molar refractivity (Wildman–Crippen MR) is 67.2 cm³/mol. The highest BCUT2D eigenvalue weighted by Crippen LogP contribution is 2.50. The fourth-order valence-corrected chi connectivity index (χ4v) is 2.25. The average molecular weight is 265 g/mol. The number of carboxylic acid groups (broad SMARTS) is 1. The molecular weight excluding hydrogens is 249 g/mol. The second-order valence-electron chi connectivity index (χ2n) is 4.99. The molecule has 1 amide bonds. The Hall–Kier alpha value is -1.91. The van der Waals surface area contributed by atoms with Crippen LogP contribution >= 0.6 is 0 Å². The number of likely N-dealkylation sites (N-methyl/N-ethyl adjacent to an activating group) is 1. The molecule has 1 aliphatic carbocycles. The molecule has 0 spiro atoms. The van der Waals surface area contributed by atoms with Crippen LogP contribution in [0.25, 0.3) is 0 Å². The smallest absolute Gasteiger partial charge is 0.326 e. The minimum atomic E-state index is -1.07. The van der Waals surface area contributed by atoms with Crippen LogP contribution in [-0.2, 0) is 15.0 Å². The number of carbonyl (C=O) groups is 2. The van der Waals surface area contributed by atoms with Gasteiger partial charge in [0.1, 0.15) is 11.9 Å². The quantitative estimate of drug-likeness (QED) is 0.903. The van der Waals surface area contributed by atoms with Gasteiger partial charge in [-0.2, -0.15) is 0 Å². The molecule has 1 aromatic rings. The Morgan fingerprint density at radius 2 is 1.95 bits per heavy atom. The van der Waals surface area contributed by atoms with Gasteiger partial charge >= 0.3 is 5.97 Å². The van der Waals surface area contributed by atoms with Crippen LogP contribution in [0.2, 0.25) is 0 Å². The lowest BCUT2D eigenvalue weighted by Crippen LogP contribution is -2.45. The topological polar surface area (TPSA) is 57.6 Å². The van der Waals surface area contributed by atoms with Crippen LogP contribution in [0.4, 0.5) is 4.39 Å². The summed E-state index contributed by atoms with van der Waals surface area (Å²) in [5, 5.41) is 8.94. The average Bonchev–Trinajstić information content (AvgIpc) is 3.18. The Morgan fingerprint density at radius 3 is 2.42 bits per heavy atom. The summed E-state index contributed by atoms with van der Waals surface area (Å²) in [5.41, 5.74) is -0.506. The highest BCUT2D eigenvalue weighted by molar-refractivity contribution is 5.93. The third-order valence-electron chi connectivity index (χ3n) is 3.81. The van der Waals surface area contributed by atoms with E-state index in [0.29, 0.717) is 18.4 Å². The summed E-state index contributed by atoms with van der Waals surface area (Å²) in [6.07, 6.45) is 1.12. The van der Waals surface area contributed by atoms with E-state index in [9.17, 15) is 14.0 Å². The van der Waals surface area contributed by atoms with Crippen LogP contribution < -0.4 is 0 Å². The van der Waals surface area contributed by atoms with Crippen molar-refractivity contribution in [2.24, 2.45) is 0 Å². The minimum absolute atomic E-state index is 0.326. The molecule has 0 aromatic heterocycles. The zero-order valence-electron chi connectivity index (χ0n) is 10.9. The molecule has 19 heavy (non-hydrogen) atoms. The molecule has 0 unspecified atom stereocenters. The molecule has 5 heteroatoms. The second kappa shape index (κ2) is 4.64. The zero-order valence-corrected chi connectivity index (χ0v) is 10.9. The van der Waals surface area contributed by atoms with Crippen LogP contribution in [0, 0.1) is 5.82 Å². The highest BCUT2D eigenvalue weighted by Gasteiger charge is 2.54. The second-order valence-corrected chi connectivity index (χ2v) is 4.99. The van der Waals surface area contributed by atoms with Gasteiger partial charge in [0, 0.05) is 12.6 Å². The fraction of sp³-hybridized carbons (Fsp3) is 0.429. The van der Waals surface area contributed by atoms with E-state index >= 15 is 0 Å². The Kier molecular flexibility index (Phi) is 3.30. The zero-order chi connectivity index (χ0) is 14.2. The molecule has 1 N–H and O–H groups in total. The predicted octanol–water partition coefficient (Wildman–Crippen LogP) is 1.79. The molecule has 0 bridgehead atoms. The van der Waals surface area contributed by atoms with E-state index in [4.69, 9.17) is 5.11 Å². The van der Waals surface area contributed by atoms with Crippen molar-refractivity contribution in [3.63, 3.8) is 0 Å². The number of halogens is 1. The lowest BCUT2D eigenvalue weighted by molar-refractivity contribution is -0.149. The fourth-order valence-electron chi connectivity index (χ4n) is 2.25. The van der Waals surface area contributed by atoms with E-state index in [1.165, 1.54) is 24.9 Å². The molecule has 1 atom stereocenters. The Morgan fingerprint density at radius 1 is 1.37 bits per heavy atom. The summed E-state index contributed by atoms with van der Waals surface area (Å²) in [7, 11) is 1.45. The normalized spacial score (nSPS) is 17.6. The molecule has 0 radical (unpaired) electrons. The third kappa shape index (κ3) is 2.20. The number of hydrogen-bond donors (Lipinski definition) is 1. The van der Waals surface area contributed by atoms with Crippen LogP contribution in [0.3, 0.4) is 0 Å². The third-order valence-corrected chi connectivity index (χ3v) is 3.81. The van der Waals surface area contributed by atoms with Crippen molar-refractivity contribution in [3.8, 4) is 0 Å². The monoisotopic (exact) mass is 265 g/mol. The van der Waals surface area contributed by atoms with Crippen LogP contribution in [0.5, 0.6) is 0 Å². The van der Waals surface area contributed by atoms with E-state index in [1.807, 2.05) is 0 Å². The van der Waals surface area contributed by atoms with Crippen LogP contribution in [-0.4, -0.2) is 35.0 Å². The number of carbonyl (C=O) groups excluding carboxylic acids is 1. The molecule has 1 aromatic carbocycles. The number of carboxylic acids is 1. The van der Waals surface area contributed by atoms with Crippen molar-refractivity contribution >= 4 is 11.9 Å². The first kappa shape index (κ1) is 13.5. The lowest BCUT2D eigenvalue weighted by Gasteiger charge is -2.27. The Labute approximate surface area is 110 Å². The molecule has 0 aliphatic heterocycles. The molecule has 4 nitrogen and oxygen atoms in total. The maximum Gasteiger partial charge on any atom is 0.326 e. The number of nitrogens with zero attached hydrogens (tertiary/aromatic N) is 1. The number of hydrogen-bond acceptors (Lipinski definition) is 2. The van der Waals surface area contributed by atoms with Gasteiger partial charge in [0.05, 0.1) is 5.41 Å². The molecule has 2 rings (SSSR count). The van der Waals surface area contributed by atoms with Gasteiger partial charge < -0.3 is 10.0 Å². The Bertz CT molecular complexity index is 525. The first-order valence-electron chi connectivity index (χ1n) is 6.15. The van der Waals surface area contributed by atoms with Crippen molar-refractivity contribution < 1.29 is 19.1 Å². The van der Waals surface area contributed by atoms with Crippen molar-refractivity contribution in [2.75, 3.05) is 7.05 Å². The van der Waals surface area contributed by atoms with Crippen molar-refractivity contribution in [1.82, 2.24) is 4.90 Å². The number of aliphatic carboxylic acids is 1.